The van der Waals surface area contributed by atoms with Gasteiger partial charge in [-0.15, -0.1) is 5.10 Å². The maximum Gasteiger partial charge on any atom is 0.221 e. The van der Waals surface area contributed by atoms with E-state index in [0.717, 1.165) is 27.0 Å². The van der Waals surface area contributed by atoms with Crippen molar-refractivity contribution >= 4 is 33.0 Å². The third kappa shape index (κ3) is 3.66. The summed E-state index contributed by atoms with van der Waals surface area (Å²) < 4.78 is 1.83. The molecule has 3 aromatic rings. The van der Waals surface area contributed by atoms with Crippen LogP contribution < -0.4 is 10.6 Å². The maximum absolute atomic E-state index is 11.2. The number of imidazole rings is 1. The summed E-state index contributed by atoms with van der Waals surface area (Å²) in [5, 5.41) is 11.9. The Labute approximate surface area is 150 Å². The topological polar surface area (TPSA) is 71.3 Å². The molecule has 0 aliphatic heterocycles. The van der Waals surface area contributed by atoms with Gasteiger partial charge >= 0.3 is 0 Å². The van der Waals surface area contributed by atoms with Crippen molar-refractivity contribution in [1.82, 2.24) is 14.6 Å². The number of benzene rings is 1. The van der Waals surface area contributed by atoms with Gasteiger partial charge in [-0.3, -0.25) is 4.79 Å². The van der Waals surface area contributed by atoms with Gasteiger partial charge < -0.3 is 10.6 Å². The van der Waals surface area contributed by atoms with Crippen molar-refractivity contribution in [2.45, 2.75) is 45.1 Å². The maximum atomic E-state index is 11.2. The predicted octanol–water partition coefficient (Wildman–Crippen LogP) is 4.16. The zero-order chi connectivity index (χ0) is 17.2. The van der Waals surface area contributed by atoms with E-state index < -0.39 is 0 Å². The molecule has 4 rings (SSSR count). The van der Waals surface area contributed by atoms with Crippen LogP contribution in [0.25, 0.3) is 16.2 Å². The van der Waals surface area contributed by atoms with E-state index in [1.807, 2.05) is 35.0 Å². The minimum Gasteiger partial charge on any atom is -0.357 e. The van der Waals surface area contributed by atoms with Gasteiger partial charge in [0, 0.05) is 24.2 Å². The monoisotopic (exact) mass is 355 g/mol. The van der Waals surface area contributed by atoms with Crippen molar-refractivity contribution in [2.75, 3.05) is 10.6 Å². The minimum absolute atomic E-state index is 0.0805. The second-order valence-electron chi connectivity index (χ2n) is 6.50. The molecule has 1 aliphatic rings. The van der Waals surface area contributed by atoms with E-state index in [1.165, 1.54) is 39.0 Å². The van der Waals surface area contributed by atoms with Crippen LogP contribution in [0.1, 0.15) is 39.0 Å². The van der Waals surface area contributed by atoms with Crippen LogP contribution in [0, 0.1) is 0 Å². The van der Waals surface area contributed by atoms with Gasteiger partial charge in [-0.25, -0.2) is 9.50 Å². The van der Waals surface area contributed by atoms with E-state index in [-0.39, 0.29) is 5.91 Å². The number of rotatable bonds is 4. The summed E-state index contributed by atoms with van der Waals surface area (Å²) in [6.45, 7) is 1.50. The molecule has 2 aromatic heterocycles. The largest absolute Gasteiger partial charge is 0.357 e. The number of nitrogens with one attached hydrogen (secondary N) is 2. The normalized spacial score (nSPS) is 15.4. The number of amides is 1. The average molecular weight is 355 g/mol. The van der Waals surface area contributed by atoms with Crippen LogP contribution in [0.3, 0.4) is 0 Å². The Morgan fingerprint density at radius 1 is 1.28 bits per heavy atom. The molecular weight excluding hydrogens is 334 g/mol. The lowest BCUT2D eigenvalue weighted by molar-refractivity contribution is -0.114. The third-order valence-electron chi connectivity index (χ3n) is 4.45. The Balaban J connectivity index is 1.54. The van der Waals surface area contributed by atoms with Crippen molar-refractivity contribution in [2.24, 2.45) is 0 Å². The van der Waals surface area contributed by atoms with Gasteiger partial charge in [0.1, 0.15) is 0 Å². The first-order chi connectivity index (χ1) is 12.2. The molecule has 6 nitrogen and oxygen atoms in total. The smallest absolute Gasteiger partial charge is 0.221 e. The molecule has 2 heterocycles. The fraction of sp³-hybridized carbons (Fsp3) is 0.389. The molecule has 1 fully saturated rings. The summed E-state index contributed by atoms with van der Waals surface area (Å²) in [6, 6.07) is 8.23. The number of hydrogen-bond acceptors (Lipinski definition) is 5. The van der Waals surface area contributed by atoms with Crippen molar-refractivity contribution in [3.8, 4) is 11.3 Å². The van der Waals surface area contributed by atoms with Gasteiger partial charge in [0.05, 0.1) is 11.9 Å². The number of carbonyl (C=O) groups is 1. The summed E-state index contributed by atoms with van der Waals surface area (Å²) in [7, 11) is 0. The fourth-order valence-corrected chi connectivity index (χ4v) is 4.14. The molecule has 7 heteroatoms. The van der Waals surface area contributed by atoms with E-state index in [9.17, 15) is 4.79 Å². The number of hydrogen-bond donors (Lipinski definition) is 2. The number of nitrogens with zero attached hydrogens (tertiary/aromatic N) is 3. The molecular formula is C18H21N5OS. The van der Waals surface area contributed by atoms with E-state index in [0.29, 0.717) is 6.04 Å². The van der Waals surface area contributed by atoms with E-state index >= 15 is 0 Å². The number of aromatic nitrogens is 3. The minimum atomic E-state index is -0.0805. The van der Waals surface area contributed by atoms with Gasteiger partial charge in [-0.1, -0.05) is 42.7 Å². The summed E-state index contributed by atoms with van der Waals surface area (Å²) in [6.07, 6.45) is 8.33. The predicted molar refractivity (Wildman–Crippen MR) is 101 cm³/mol. The molecule has 1 aliphatic carbocycles. The van der Waals surface area contributed by atoms with Gasteiger partial charge in [-0.05, 0) is 25.0 Å². The quantitative estimate of drug-likeness (QED) is 0.737. The van der Waals surface area contributed by atoms with Gasteiger partial charge in [0.15, 0.2) is 0 Å². The van der Waals surface area contributed by atoms with Crippen LogP contribution in [0.4, 0.5) is 10.8 Å². The van der Waals surface area contributed by atoms with Crippen LogP contribution in [0.5, 0.6) is 0 Å². The highest BCUT2D eigenvalue weighted by molar-refractivity contribution is 7.20. The molecule has 2 N–H and O–H groups in total. The van der Waals surface area contributed by atoms with Crippen LogP contribution >= 0.6 is 11.3 Å². The third-order valence-corrected chi connectivity index (χ3v) is 5.31. The molecule has 0 spiro atoms. The highest BCUT2D eigenvalue weighted by atomic mass is 32.1. The number of carbonyl (C=O) groups excluding carboxylic acids is 1. The van der Waals surface area contributed by atoms with E-state index in [4.69, 9.17) is 0 Å². The molecule has 130 valence electrons. The first-order valence-electron chi connectivity index (χ1n) is 8.68. The van der Waals surface area contributed by atoms with Gasteiger partial charge in [0.2, 0.25) is 16.0 Å². The first-order valence-corrected chi connectivity index (χ1v) is 9.50. The van der Waals surface area contributed by atoms with Gasteiger partial charge in [0.25, 0.3) is 0 Å². The standard InChI is InChI=1S/C18H21N5OS/c1-12(24)19-15-9-5-6-13(10-15)16-11-23-18(21-16)25-17(22-23)20-14-7-3-2-4-8-14/h5-6,9-11,14H,2-4,7-8H2,1H3,(H,19,24)(H,20,22). The Hall–Kier alpha value is -2.41. The molecule has 25 heavy (non-hydrogen) atoms. The second kappa shape index (κ2) is 6.84. The average Bonchev–Trinajstić information content (AvgIpc) is 3.14. The van der Waals surface area contributed by atoms with Gasteiger partial charge in [-0.2, -0.15) is 0 Å². The van der Waals surface area contributed by atoms with Crippen molar-refractivity contribution in [1.29, 1.82) is 0 Å². The fourth-order valence-electron chi connectivity index (χ4n) is 3.28. The van der Waals surface area contributed by atoms with Crippen LogP contribution in [0.2, 0.25) is 0 Å². The summed E-state index contributed by atoms with van der Waals surface area (Å²) in [4.78, 5) is 16.8. The molecule has 0 saturated heterocycles. The van der Waals surface area contributed by atoms with Crippen LogP contribution in [0.15, 0.2) is 30.5 Å². The summed E-state index contributed by atoms with van der Waals surface area (Å²) >= 11 is 1.58. The highest BCUT2D eigenvalue weighted by Gasteiger charge is 2.16. The molecule has 0 atom stereocenters. The lowest BCUT2D eigenvalue weighted by atomic mass is 9.96. The zero-order valence-electron chi connectivity index (χ0n) is 14.2. The summed E-state index contributed by atoms with van der Waals surface area (Å²) in [5.41, 5.74) is 2.59. The van der Waals surface area contributed by atoms with Crippen molar-refractivity contribution in [3.05, 3.63) is 30.5 Å². The lowest BCUT2D eigenvalue weighted by Crippen LogP contribution is -2.22. The van der Waals surface area contributed by atoms with E-state index in [1.54, 1.807) is 11.3 Å². The van der Waals surface area contributed by atoms with E-state index in [2.05, 4.69) is 20.7 Å². The highest BCUT2D eigenvalue weighted by Crippen LogP contribution is 2.28. The van der Waals surface area contributed by atoms with Crippen LogP contribution in [-0.2, 0) is 4.79 Å². The lowest BCUT2D eigenvalue weighted by Gasteiger charge is -2.21. The molecule has 0 bridgehead atoms. The molecule has 1 saturated carbocycles. The zero-order valence-corrected chi connectivity index (χ0v) is 15.0. The van der Waals surface area contributed by atoms with Crippen LogP contribution in [-0.4, -0.2) is 26.5 Å². The van der Waals surface area contributed by atoms with Crippen molar-refractivity contribution in [3.63, 3.8) is 0 Å². The summed E-state index contributed by atoms with van der Waals surface area (Å²) in [5.74, 6) is -0.0805. The molecule has 1 aromatic carbocycles. The molecule has 0 radical (unpaired) electrons. The Bertz CT molecular complexity index is 862. The Morgan fingerprint density at radius 2 is 2.12 bits per heavy atom. The first kappa shape index (κ1) is 16.1. The number of fused-ring (bicyclic) bond motifs is 1. The molecule has 1 amide bonds. The Kier molecular flexibility index (Phi) is 4.40. The molecule has 0 unspecified atom stereocenters. The number of anilines is 2. The Morgan fingerprint density at radius 3 is 2.88 bits per heavy atom. The second-order valence-corrected chi connectivity index (χ2v) is 7.46. The van der Waals surface area contributed by atoms with Crippen molar-refractivity contribution < 1.29 is 4.79 Å². The SMILES string of the molecule is CC(=O)Nc1cccc(-c2cn3nc(NC4CCCCC4)sc3n2)c1.